The first-order valence-corrected chi connectivity index (χ1v) is 6.65. The summed E-state index contributed by atoms with van der Waals surface area (Å²) >= 11 is 0. The molecule has 0 aromatic carbocycles. The van der Waals surface area contributed by atoms with Crippen LogP contribution in [0, 0.1) is 11.8 Å². The number of amides is 1. The van der Waals surface area contributed by atoms with Gasteiger partial charge in [0.25, 0.3) is 0 Å². The van der Waals surface area contributed by atoms with Crippen LogP contribution in [0.3, 0.4) is 0 Å². The number of rotatable bonds is 1. The van der Waals surface area contributed by atoms with Gasteiger partial charge in [0.15, 0.2) is 0 Å². The van der Waals surface area contributed by atoms with Crippen molar-refractivity contribution < 1.29 is 4.79 Å². The minimum atomic E-state index is 0. The number of piperidine rings is 1. The third kappa shape index (κ3) is 3.14. The van der Waals surface area contributed by atoms with Gasteiger partial charge in [-0.15, -0.1) is 12.4 Å². The Labute approximate surface area is 111 Å². The van der Waals surface area contributed by atoms with E-state index in [0.29, 0.717) is 17.9 Å². The highest BCUT2D eigenvalue weighted by molar-refractivity contribution is 5.85. The van der Waals surface area contributed by atoms with Crippen molar-refractivity contribution in [2.24, 2.45) is 17.6 Å². The Morgan fingerprint density at radius 2 is 1.94 bits per heavy atom. The molecule has 1 saturated heterocycles. The van der Waals surface area contributed by atoms with Crippen LogP contribution in [-0.4, -0.2) is 29.4 Å². The third-order valence-electron chi connectivity index (χ3n) is 4.48. The van der Waals surface area contributed by atoms with Crippen LogP contribution in [0.15, 0.2) is 0 Å². The number of nitrogens with zero attached hydrogens (tertiary/aromatic N) is 1. The SMILES string of the molecule is CC1CCCN(C(=O)C2CCC(N)C2)C1C.Cl. The molecule has 4 atom stereocenters. The van der Waals surface area contributed by atoms with Crippen LogP contribution in [0.1, 0.15) is 46.0 Å². The Morgan fingerprint density at radius 3 is 2.53 bits per heavy atom. The Balaban J connectivity index is 0.00000144. The average Bonchev–Trinajstić information content (AvgIpc) is 2.68. The fourth-order valence-electron chi connectivity index (χ4n) is 3.12. The fourth-order valence-corrected chi connectivity index (χ4v) is 3.12. The number of hydrogen-bond acceptors (Lipinski definition) is 2. The summed E-state index contributed by atoms with van der Waals surface area (Å²) in [5.41, 5.74) is 5.88. The standard InChI is InChI=1S/C13H24N2O.ClH/c1-9-4-3-7-15(10(9)2)13(16)11-5-6-12(14)8-11;/h9-12H,3-8,14H2,1-2H3;1H. The smallest absolute Gasteiger partial charge is 0.225 e. The van der Waals surface area contributed by atoms with Crippen LogP contribution in [-0.2, 0) is 4.79 Å². The number of carbonyl (C=O) groups excluding carboxylic acids is 1. The molecule has 1 amide bonds. The number of likely N-dealkylation sites (tertiary alicyclic amines) is 1. The number of halogens is 1. The van der Waals surface area contributed by atoms with Crippen LogP contribution in [0.4, 0.5) is 0 Å². The van der Waals surface area contributed by atoms with Crippen LogP contribution in [0.25, 0.3) is 0 Å². The summed E-state index contributed by atoms with van der Waals surface area (Å²) in [5, 5.41) is 0. The fraction of sp³-hybridized carbons (Fsp3) is 0.923. The molecule has 17 heavy (non-hydrogen) atoms. The predicted octanol–water partition coefficient (Wildman–Crippen LogP) is 2.18. The zero-order valence-electron chi connectivity index (χ0n) is 10.9. The van der Waals surface area contributed by atoms with E-state index in [4.69, 9.17) is 5.73 Å². The quantitative estimate of drug-likeness (QED) is 0.786. The van der Waals surface area contributed by atoms with Gasteiger partial charge in [-0.2, -0.15) is 0 Å². The van der Waals surface area contributed by atoms with E-state index in [1.54, 1.807) is 0 Å². The predicted molar refractivity (Wildman–Crippen MR) is 72.1 cm³/mol. The summed E-state index contributed by atoms with van der Waals surface area (Å²) < 4.78 is 0. The van der Waals surface area contributed by atoms with Crippen molar-refractivity contribution in [2.75, 3.05) is 6.54 Å². The van der Waals surface area contributed by atoms with Gasteiger partial charge in [-0.1, -0.05) is 6.92 Å². The lowest BCUT2D eigenvalue weighted by Crippen LogP contribution is -2.48. The topological polar surface area (TPSA) is 46.3 Å². The van der Waals surface area contributed by atoms with Crippen molar-refractivity contribution in [2.45, 2.75) is 58.0 Å². The Morgan fingerprint density at radius 1 is 1.24 bits per heavy atom. The van der Waals surface area contributed by atoms with E-state index in [9.17, 15) is 4.79 Å². The van der Waals surface area contributed by atoms with Gasteiger partial charge in [-0.05, 0) is 44.9 Å². The molecule has 0 radical (unpaired) electrons. The molecule has 4 heteroatoms. The number of carbonyl (C=O) groups is 1. The summed E-state index contributed by atoms with van der Waals surface area (Å²) in [7, 11) is 0. The van der Waals surface area contributed by atoms with E-state index in [-0.39, 0.29) is 24.4 Å². The van der Waals surface area contributed by atoms with Gasteiger partial charge in [-0.3, -0.25) is 4.79 Å². The molecule has 0 bridgehead atoms. The van der Waals surface area contributed by atoms with Crippen LogP contribution in [0.5, 0.6) is 0 Å². The average molecular weight is 261 g/mol. The van der Waals surface area contributed by atoms with Gasteiger partial charge >= 0.3 is 0 Å². The molecule has 0 aromatic heterocycles. The van der Waals surface area contributed by atoms with Gasteiger partial charge in [0.05, 0.1) is 0 Å². The molecule has 2 fully saturated rings. The van der Waals surface area contributed by atoms with Gasteiger partial charge < -0.3 is 10.6 Å². The second-order valence-corrected chi connectivity index (χ2v) is 5.66. The summed E-state index contributed by atoms with van der Waals surface area (Å²) in [6.45, 7) is 5.40. The number of nitrogens with two attached hydrogens (primary N) is 1. The molecule has 4 unspecified atom stereocenters. The maximum Gasteiger partial charge on any atom is 0.225 e. The van der Waals surface area contributed by atoms with Crippen LogP contribution >= 0.6 is 12.4 Å². The first kappa shape index (κ1) is 14.8. The van der Waals surface area contributed by atoms with E-state index in [1.165, 1.54) is 6.42 Å². The van der Waals surface area contributed by atoms with Gasteiger partial charge in [0.1, 0.15) is 0 Å². The van der Waals surface area contributed by atoms with E-state index in [2.05, 4.69) is 18.7 Å². The monoisotopic (exact) mass is 260 g/mol. The molecule has 2 aliphatic rings. The molecular formula is C13H25ClN2O. The molecule has 0 aromatic rings. The molecule has 2 rings (SSSR count). The zero-order valence-corrected chi connectivity index (χ0v) is 11.7. The summed E-state index contributed by atoms with van der Waals surface area (Å²) in [4.78, 5) is 14.5. The summed E-state index contributed by atoms with van der Waals surface area (Å²) in [6, 6.07) is 0.671. The maximum atomic E-state index is 12.4. The molecule has 0 spiro atoms. The largest absolute Gasteiger partial charge is 0.339 e. The molecule has 1 aliphatic heterocycles. The lowest BCUT2D eigenvalue weighted by molar-refractivity contribution is -0.140. The van der Waals surface area contributed by atoms with E-state index in [0.717, 1.165) is 32.2 Å². The maximum absolute atomic E-state index is 12.4. The lowest BCUT2D eigenvalue weighted by Gasteiger charge is -2.39. The highest BCUT2D eigenvalue weighted by Gasteiger charge is 2.35. The normalized spacial score (nSPS) is 37.7. The van der Waals surface area contributed by atoms with E-state index < -0.39 is 0 Å². The third-order valence-corrected chi connectivity index (χ3v) is 4.48. The Kier molecular flexibility index (Phi) is 5.26. The van der Waals surface area contributed by atoms with Gasteiger partial charge in [-0.25, -0.2) is 0 Å². The van der Waals surface area contributed by atoms with Crippen molar-refractivity contribution in [3.63, 3.8) is 0 Å². The van der Waals surface area contributed by atoms with Crippen LogP contribution in [0.2, 0.25) is 0 Å². The number of hydrogen-bond donors (Lipinski definition) is 1. The Bertz CT molecular complexity index is 272. The highest BCUT2D eigenvalue weighted by Crippen LogP contribution is 2.30. The Hall–Kier alpha value is -0.280. The summed E-state index contributed by atoms with van der Waals surface area (Å²) in [5.74, 6) is 1.22. The van der Waals surface area contributed by atoms with Crippen molar-refractivity contribution in [3.05, 3.63) is 0 Å². The molecule has 3 nitrogen and oxygen atoms in total. The van der Waals surface area contributed by atoms with Crippen molar-refractivity contribution in [1.82, 2.24) is 4.90 Å². The van der Waals surface area contributed by atoms with Crippen molar-refractivity contribution >= 4 is 18.3 Å². The molecule has 1 saturated carbocycles. The van der Waals surface area contributed by atoms with E-state index >= 15 is 0 Å². The molecular weight excluding hydrogens is 236 g/mol. The summed E-state index contributed by atoms with van der Waals surface area (Å²) in [6.07, 6.45) is 5.34. The van der Waals surface area contributed by atoms with Crippen LogP contribution < -0.4 is 5.73 Å². The first-order valence-electron chi connectivity index (χ1n) is 6.65. The van der Waals surface area contributed by atoms with Gasteiger partial charge in [0.2, 0.25) is 5.91 Å². The molecule has 2 N–H and O–H groups in total. The van der Waals surface area contributed by atoms with E-state index in [1.807, 2.05) is 0 Å². The highest BCUT2D eigenvalue weighted by atomic mass is 35.5. The second-order valence-electron chi connectivity index (χ2n) is 5.66. The van der Waals surface area contributed by atoms with Crippen molar-refractivity contribution in [3.8, 4) is 0 Å². The molecule has 100 valence electrons. The second kappa shape index (κ2) is 6.05. The zero-order chi connectivity index (χ0) is 11.7. The molecule has 1 aliphatic carbocycles. The first-order chi connectivity index (χ1) is 7.59. The van der Waals surface area contributed by atoms with Crippen molar-refractivity contribution in [1.29, 1.82) is 0 Å². The lowest BCUT2D eigenvalue weighted by atomic mass is 9.90. The minimum absolute atomic E-state index is 0. The van der Waals surface area contributed by atoms with Gasteiger partial charge in [0, 0.05) is 24.5 Å². The molecule has 1 heterocycles. The minimum Gasteiger partial charge on any atom is -0.339 e.